The van der Waals surface area contributed by atoms with E-state index >= 15 is 0 Å². The first-order valence-electron chi connectivity index (χ1n) is 7.20. The number of aromatic hydroxyl groups is 1. The van der Waals surface area contributed by atoms with Crippen LogP contribution >= 0.6 is 11.8 Å². The fourth-order valence-electron chi connectivity index (χ4n) is 1.97. The molecule has 0 atom stereocenters. The molecule has 0 fully saturated rings. The van der Waals surface area contributed by atoms with E-state index in [0.29, 0.717) is 28.7 Å². The molecule has 0 saturated carbocycles. The number of ether oxygens (including phenoxy) is 2. The van der Waals surface area contributed by atoms with Gasteiger partial charge in [0.05, 0.1) is 12.7 Å². The molecule has 1 aliphatic rings. The van der Waals surface area contributed by atoms with Crippen molar-refractivity contribution in [2.75, 3.05) is 17.7 Å². The maximum atomic E-state index is 12.3. The zero-order chi connectivity index (χ0) is 17.0. The van der Waals surface area contributed by atoms with Crippen molar-refractivity contribution in [3.63, 3.8) is 0 Å². The zero-order valence-corrected chi connectivity index (χ0v) is 14.0. The molecule has 0 unspecified atom stereocenters. The number of hydrogen-bond donors (Lipinski definition) is 2. The third-order valence-electron chi connectivity index (χ3n) is 2.99. The summed E-state index contributed by atoms with van der Waals surface area (Å²) in [5, 5.41) is 12.5. The predicted molar refractivity (Wildman–Crippen MR) is 88.4 cm³/mol. The molecule has 1 aromatic carbocycles. The number of anilines is 1. The Morgan fingerprint density at radius 3 is 2.78 bits per heavy atom. The van der Waals surface area contributed by atoms with Crippen molar-refractivity contribution in [3.8, 4) is 5.75 Å². The van der Waals surface area contributed by atoms with Crippen LogP contribution in [0, 0.1) is 0 Å². The fourth-order valence-corrected chi connectivity index (χ4v) is 2.79. The van der Waals surface area contributed by atoms with Crippen LogP contribution in [0.1, 0.15) is 31.1 Å². The first-order chi connectivity index (χ1) is 10.9. The normalized spacial score (nSPS) is 14.4. The lowest BCUT2D eigenvalue weighted by atomic mass is 10.1. The topological polar surface area (TPSA) is 84.9 Å². The number of thioether (sulfide) groups is 1. The second-order valence-electron chi connectivity index (χ2n) is 5.22. The Morgan fingerprint density at radius 2 is 2.13 bits per heavy atom. The van der Waals surface area contributed by atoms with Gasteiger partial charge in [-0.15, -0.1) is 11.8 Å². The Morgan fingerprint density at radius 1 is 1.39 bits per heavy atom. The van der Waals surface area contributed by atoms with Gasteiger partial charge in [0.2, 0.25) is 0 Å². The minimum atomic E-state index is -0.639. The molecule has 6 nitrogen and oxygen atoms in total. The molecule has 0 bridgehead atoms. The molecule has 0 aromatic heterocycles. The standard InChI is InChI=1S/C16H19NO5S/c1-9(2)22-16(20)12-8-11(4-5-13(12)18)17-15(19)14-10(3)21-6-7-23-14/h4-5,8-9,18H,6-7H2,1-3H3,(H,17,19). The quantitative estimate of drug-likeness (QED) is 0.649. The van der Waals surface area contributed by atoms with Crippen molar-refractivity contribution in [3.05, 3.63) is 34.4 Å². The molecular weight excluding hydrogens is 318 g/mol. The van der Waals surface area contributed by atoms with Gasteiger partial charge in [-0.1, -0.05) is 0 Å². The van der Waals surface area contributed by atoms with Crippen molar-refractivity contribution in [2.45, 2.75) is 26.9 Å². The Balaban J connectivity index is 2.18. The second-order valence-corrected chi connectivity index (χ2v) is 6.33. The van der Waals surface area contributed by atoms with Gasteiger partial charge in [0, 0.05) is 11.4 Å². The number of allylic oxidation sites excluding steroid dienone is 1. The number of esters is 1. The first kappa shape index (κ1) is 17.2. The summed E-state index contributed by atoms with van der Waals surface area (Å²) < 4.78 is 10.4. The minimum Gasteiger partial charge on any atom is -0.507 e. The van der Waals surface area contributed by atoms with Gasteiger partial charge in [-0.3, -0.25) is 4.79 Å². The average molecular weight is 337 g/mol. The van der Waals surface area contributed by atoms with Gasteiger partial charge in [-0.25, -0.2) is 4.79 Å². The van der Waals surface area contributed by atoms with Crippen LogP contribution in [0.4, 0.5) is 5.69 Å². The molecule has 2 N–H and O–H groups in total. The summed E-state index contributed by atoms with van der Waals surface area (Å²) in [4.78, 5) is 24.7. The molecule has 124 valence electrons. The zero-order valence-electron chi connectivity index (χ0n) is 13.2. The molecule has 1 heterocycles. The van der Waals surface area contributed by atoms with Crippen molar-refractivity contribution in [2.24, 2.45) is 0 Å². The summed E-state index contributed by atoms with van der Waals surface area (Å²) in [7, 11) is 0. The summed E-state index contributed by atoms with van der Waals surface area (Å²) in [5.41, 5.74) is 0.407. The summed E-state index contributed by atoms with van der Waals surface area (Å²) >= 11 is 1.42. The molecule has 0 aliphatic carbocycles. The van der Waals surface area contributed by atoms with Crippen molar-refractivity contribution >= 4 is 29.3 Å². The van der Waals surface area contributed by atoms with E-state index in [0.717, 1.165) is 0 Å². The van der Waals surface area contributed by atoms with Gasteiger partial charge in [0.15, 0.2) is 0 Å². The van der Waals surface area contributed by atoms with Crippen LogP contribution < -0.4 is 5.32 Å². The van der Waals surface area contributed by atoms with E-state index in [-0.39, 0.29) is 23.3 Å². The maximum absolute atomic E-state index is 12.3. The highest BCUT2D eigenvalue weighted by molar-refractivity contribution is 8.04. The Labute approximate surface area is 138 Å². The molecule has 1 amide bonds. The van der Waals surface area contributed by atoms with Crippen LogP contribution in [0.3, 0.4) is 0 Å². The number of hydrogen-bond acceptors (Lipinski definition) is 6. The summed E-state index contributed by atoms with van der Waals surface area (Å²) in [6.45, 7) is 5.76. The third-order valence-corrected chi connectivity index (χ3v) is 4.12. The van der Waals surface area contributed by atoms with E-state index in [2.05, 4.69) is 5.32 Å². The highest BCUT2D eigenvalue weighted by Crippen LogP contribution is 2.28. The van der Waals surface area contributed by atoms with Gasteiger partial charge in [-0.05, 0) is 39.0 Å². The largest absolute Gasteiger partial charge is 0.507 e. The number of nitrogens with one attached hydrogen (secondary N) is 1. The molecular formula is C16H19NO5S. The van der Waals surface area contributed by atoms with E-state index < -0.39 is 5.97 Å². The molecule has 0 radical (unpaired) electrons. The third kappa shape index (κ3) is 4.41. The lowest BCUT2D eigenvalue weighted by Crippen LogP contribution is -2.19. The number of phenolic OH excluding ortho intramolecular Hbond substituents is 1. The van der Waals surface area contributed by atoms with Crippen molar-refractivity contribution in [1.29, 1.82) is 0 Å². The van der Waals surface area contributed by atoms with E-state index in [4.69, 9.17) is 9.47 Å². The SMILES string of the molecule is CC1=C(C(=O)Nc2ccc(O)c(C(=O)OC(C)C)c2)SCCO1. The molecule has 1 aromatic rings. The number of amides is 1. The van der Waals surface area contributed by atoms with Gasteiger partial charge in [0.1, 0.15) is 22.0 Å². The summed E-state index contributed by atoms with van der Waals surface area (Å²) in [6.07, 6.45) is -0.302. The predicted octanol–water partition coefficient (Wildman–Crippen LogP) is 2.89. The van der Waals surface area contributed by atoms with E-state index in [1.165, 1.54) is 30.0 Å². The van der Waals surface area contributed by atoms with Crippen molar-refractivity contribution in [1.82, 2.24) is 0 Å². The van der Waals surface area contributed by atoms with Crippen LogP contribution in [-0.4, -0.2) is 35.4 Å². The molecule has 2 rings (SSSR count). The smallest absolute Gasteiger partial charge is 0.342 e. The lowest BCUT2D eigenvalue weighted by Gasteiger charge is -2.18. The van der Waals surface area contributed by atoms with E-state index in [1.807, 2.05) is 0 Å². The average Bonchev–Trinajstić information content (AvgIpc) is 2.48. The fraction of sp³-hybridized carbons (Fsp3) is 0.375. The van der Waals surface area contributed by atoms with Gasteiger partial charge in [-0.2, -0.15) is 0 Å². The number of carbonyl (C=O) groups is 2. The number of phenols is 1. The Bertz CT molecular complexity index is 654. The van der Waals surface area contributed by atoms with Gasteiger partial charge < -0.3 is 19.9 Å². The second kappa shape index (κ2) is 7.41. The number of benzene rings is 1. The van der Waals surface area contributed by atoms with Crippen LogP contribution in [0.2, 0.25) is 0 Å². The monoisotopic (exact) mass is 337 g/mol. The Hall–Kier alpha value is -2.15. The molecule has 23 heavy (non-hydrogen) atoms. The molecule has 0 spiro atoms. The molecule has 1 aliphatic heterocycles. The number of carbonyl (C=O) groups excluding carboxylic acids is 2. The van der Waals surface area contributed by atoms with Gasteiger partial charge in [0.25, 0.3) is 5.91 Å². The van der Waals surface area contributed by atoms with E-state index in [1.54, 1.807) is 20.8 Å². The summed E-state index contributed by atoms with van der Waals surface area (Å²) in [6, 6.07) is 4.25. The Kier molecular flexibility index (Phi) is 5.54. The maximum Gasteiger partial charge on any atom is 0.342 e. The van der Waals surface area contributed by atoms with Crippen molar-refractivity contribution < 1.29 is 24.2 Å². The van der Waals surface area contributed by atoms with Gasteiger partial charge >= 0.3 is 5.97 Å². The lowest BCUT2D eigenvalue weighted by molar-refractivity contribution is -0.112. The van der Waals surface area contributed by atoms with Crippen LogP contribution in [-0.2, 0) is 14.3 Å². The van der Waals surface area contributed by atoms with Crippen LogP contribution in [0.5, 0.6) is 5.75 Å². The van der Waals surface area contributed by atoms with E-state index in [9.17, 15) is 14.7 Å². The number of rotatable bonds is 4. The minimum absolute atomic E-state index is 0.00903. The highest BCUT2D eigenvalue weighted by atomic mass is 32.2. The first-order valence-corrected chi connectivity index (χ1v) is 8.19. The van der Waals surface area contributed by atoms with Crippen LogP contribution in [0.25, 0.3) is 0 Å². The highest BCUT2D eigenvalue weighted by Gasteiger charge is 2.20. The molecule has 7 heteroatoms. The molecule has 0 saturated heterocycles. The summed E-state index contributed by atoms with van der Waals surface area (Å²) in [5.74, 6) is 0.151. The van der Waals surface area contributed by atoms with Crippen LogP contribution in [0.15, 0.2) is 28.9 Å².